The van der Waals surface area contributed by atoms with Gasteiger partial charge in [-0.05, 0) is 38.0 Å². The van der Waals surface area contributed by atoms with E-state index in [-0.39, 0.29) is 0 Å². The summed E-state index contributed by atoms with van der Waals surface area (Å²) in [4.78, 5) is 17.3. The highest BCUT2D eigenvalue weighted by Gasteiger charge is 2.25. The second-order valence-corrected chi connectivity index (χ2v) is 4.76. The van der Waals surface area contributed by atoms with Crippen molar-refractivity contribution in [3.8, 4) is 0 Å². The molecular weight excluding hydrogens is 272 g/mol. The molecule has 2 N–H and O–H groups in total. The summed E-state index contributed by atoms with van der Waals surface area (Å²) in [7, 11) is 0. The van der Waals surface area contributed by atoms with E-state index in [1.807, 2.05) is 37.3 Å². The van der Waals surface area contributed by atoms with Gasteiger partial charge in [-0.15, -0.1) is 10.1 Å². The lowest BCUT2D eigenvalue weighted by molar-refractivity contribution is -0.742. The van der Waals surface area contributed by atoms with Crippen molar-refractivity contribution < 1.29 is 10.3 Å². The van der Waals surface area contributed by atoms with Gasteiger partial charge in [0, 0.05) is 23.0 Å². The van der Waals surface area contributed by atoms with Crippen molar-refractivity contribution >= 4 is 11.6 Å². The fourth-order valence-electron chi connectivity index (χ4n) is 1.89. The van der Waals surface area contributed by atoms with Gasteiger partial charge in [0.2, 0.25) is 5.95 Å². The van der Waals surface area contributed by atoms with Crippen molar-refractivity contribution in [3.63, 3.8) is 0 Å². The Balaban J connectivity index is 0.000000361. The van der Waals surface area contributed by atoms with Crippen LogP contribution >= 0.6 is 0 Å². The molecule has 3 rings (SSSR count). The Morgan fingerprint density at radius 2 is 1.90 bits per heavy atom. The molecule has 21 heavy (non-hydrogen) atoms. The SMILES string of the molecule is Cc1cc(C2CC2)nc(Nc2ccccc2)n1.O=[N+]([O-])O. The fourth-order valence-corrected chi connectivity index (χ4v) is 1.89. The molecule has 0 atom stereocenters. The molecule has 7 nitrogen and oxygen atoms in total. The van der Waals surface area contributed by atoms with Crippen molar-refractivity contribution in [2.24, 2.45) is 0 Å². The Bertz CT molecular complexity index is 611. The third kappa shape index (κ3) is 5.06. The zero-order chi connectivity index (χ0) is 15.2. The number of aromatic nitrogens is 2. The lowest BCUT2D eigenvalue weighted by Crippen LogP contribution is -2.01. The number of para-hydroxylation sites is 1. The quantitative estimate of drug-likeness (QED) is 0.665. The van der Waals surface area contributed by atoms with Crippen LogP contribution < -0.4 is 5.32 Å². The van der Waals surface area contributed by atoms with Gasteiger partial charge >= 0.3 is 0 Å². The molecule has 0 spiro atoms. The normalized spacial score (nSPS) is 13.0. The maximum absolute atomic E-state index is 8.36. The fraction of sp³-hybridized carbons (Fsp3) is 0.286. The second kappa shape index (κ2) is 6.65. The first-order valence-electron chi connectivity index (χ1n) is 6.55. The number of aryl methyl sites for hydroxylation is 1. The maximum atomic E-state index is 8.36. The van der Waals surface area contributed by atoms with Crippen LogP contribution in [0.4, 0.5) is 11.6 Å². The Hall–Kier alpha value is -2.70. The lowest BCUT2D eigenvalue weighted by atomic mass is 10.2. The van der Waals surface area contributed by atoms with E-state index in [9.17, 15) is 0 Å². The van der Waals surface area contributed by atoms with E-state index < -0.39 is 5.09 Å². The molecule has 0 saturated heterocycles. The number of nitrogens with one attached hydrogen (secondary N) is 1. The highest BCUT2D eigenvalue weighted by Crippen LogP contribution is 2.39. The maximum Gasteiger partial charge on any atom is 0.291 e. The minimum atomic E-state index is -1.50. The second-order valence-electron chi connectivity index (χ2n) is 4.76. The molecule has 0 unspecified atom stereocenters. The summed E-state index contributed by atoms with van der Waals surface area (Å²) in [6.07, 6.45) is 2.53. The van der Waals surface area contributed by atoms with Gasteiger partial charge in [-0.1, -0.05) is 18.2 Å². The minimum Gasteiger partial charge on any atom is -0.328 e. The molecule has 1 heterocycles. The monoisotopic (exact) mass is 288 g/mol. The third-order valence-corrected chi connectivity index (χ3v) is 2.90. The molecule has 1 aromatic heterocycles. The van der Waals surface area contributed by atoms with Crippen molar-refractivity contribution in [1.29, 1.82) is 0 Å². The molecule has 0 radical (unpaired) electrons. The van der Waals surface area contributed by atoms with Gasteiger partial charge in [0.15, 0.2) is 0 Å². The Morgan fingerprint density at radius 1 is 1.29 bits per heavy atom. The topological polar surface area (TPSA) is 101 Å². The van der Waals surface area contributed by atoms with Crippen LogP contribution in [0.25, 0.3) is 0 Å². The first kappa shape index (κ1) is 14.7. The van der Waals surface area contributed by atoms with Crippen molar-refractivity contribution in [1.82, 2.24) is 9.97 Å². The number of rotatable bonds is 3. The van der Waals surface area contributed by atoms with Gasteiger partial charge in [-0.3, -0.25) is 0 Å². The van der Waals surface area contributed by atoms with E-state index in [1.165, 1.54) is 18.5 Å². The smallest absolute Gasteiger partial charge is 0.291 e. The Labute approximate surface area is 121 Å². The van der Waals surface area contributed by atoms with Crippen LogP contribution in [0, 0.1) is 17.0 Å². The zero-order valence-corrected chi connectivity index (χ0v) is 11.6. The van der Waals surface area contributed by atoms with Gasteiger partial charge in [-0.2, -0.15) is 0 Å². The van der Waals surface area contributed by atoms with Crippen LogP contribution in [0.1, 0.15) is 30.1 Å². The number of benzene rings is 1. The molecule has 0 amide bonds. The van der Waals surface area contributed by atoms with Crippen molar-refractivity contribution in [2.45, 2.75) is 25.7 Å². The van der Waals surface area contributed by atoms with E-state index in [0.29, 0.717) is 11.9 Å². The van der Waals surface area contributed by atoms with E-state index >= 15 is 0 Å². The van der Waals surface area contributed by atoms with Crippen LogP contribution in [0.3, 0.4) is 0 Å². The molecule has 1 fully saturated rings. The molecule has 0 bridgehead atoms. The minimum absolute atomic E-state index is 0.660. The summed E-state index contributed by atoms with van der Waals surface area (Å²) in [5.41, 5.74) is 3.23. The van der Waals surface area contributed by atoms with E-state index in [2.05, 4.69) is 21.4 Å². The first-order chi connectivity index (χ1) is 10.0. The molecular formula is C14H16N4O3. The largest absolute Gasteiger partial charge is 0.328 e. The zero-order valence-electron chi connectivity index (χ0n) is 11.6. The molecule has 7 heteroatoms. The number of nitrogens with zero attached hydrogens (tertiary/aromatic N) is 3. The highest BCUT2D eigenvalue weighted by molar-refractivity contribution is 5.53. The molecule has 1 aliphatic carbocycles. The lowest BCUT2D eigenvalue weighted by Gasteiger charge is -2.07. The summed E-state index contributed by atoms with van der Waals surface area (Å²) in [6.45, 7) is 2.02. The van der Waals surface area contributed by atoms with Crippen LogP contribution in [0.2, 0.25) is 0 Å². The van der Waals surface area contributed by atoms with Crippen LogP contribution in [-0.4, -0.2) is 20.3 Å². The average molecular weight is 288 g/mol. The van der Waals surface area contributed by atoms with E-state index in [1.54, 1.807) is 0 Å². The number of hydrogen-bond acceptors (Lipinski definition) is 5. The molecule has 110 valence electrons. The summed E-state index contributed by atoms with van der Waals surface area (Å²) in [5.74, 6) is 1.37. The molecule has 2 aromatic rings. The number of anilines is 2. The van der Waals surface area contributed by atoms with Crippen LogP contribution in [0.15, 0.2) is 36.4 Å². The predicted molar refractivity (Wildman–Crippen MR) is 77.2 cm³/mol. The average Bonchev–Trinajstić information content (AvgIpc) is 3.22. The van der Waals surface area contributed by atoms with Crippen LogP contribution in [-0.2, 0) is 0 Å². The third-order valence-electron chi connectivity index (χ3n) is 2.90. The highest BCUT2D eigenvalue weighted by atomic mass is 16.9. The summed E-state index contributed by atoms with van der Waals surface area (Å²) in [6, 6.07) is 12.1. The first-order valence-corrected chi connectivity index (χ1v) is 6.55. The van der Waals surface area contributed by atoms with E-state index in [0.717, 1.165) is 11.4 Å². The standard InChI is InChI=1S/C14H15N3.HNO3/c1-10-9-13(11-7-8-11)17-14(15-10)16-12-5-3-2-4-6-12;2-1(3)4/h2-6,9,11H,7-8H2,1H3,(H,15,16,17);(H,2,3,4). The Morgan fingerprint density at radius 3 is 2.48 bits per heavy atom. The summed E-state index contributed by atoms with van der Waals surface area (Å²) in [5, 5.41) is 16.9. The summed E-state index contributed by atoms with van der Waals surface area (Å²) >= 11 is 0. The molecule has 1 saturated carbocycles. The summed E-state index contributed by atoms with van der Waals surface area (Å²) < 4.78 is 0. The van der Waals surface area contributed by atoms with Gasteiger partial charge in [0.1, 0.15) is 0 Å². The number of hydrogen-bond donors (Lipinski definition) is 2. The van der Waals surface area contributed by atoms with Gasteiger partial charge in [-0.25, -0.2) is 9.97 Å². The molecule has 1 aliphatic rings. The van der Waals surface area contributed by atoms with Crippen molar-refractivity contribution in [2.75, 3.05) is 5.32 Å². The van der Waals surface area contributed by atoms with Gasteiger partial charge in [0.25, 0.3) is 5.09 Å². The van der Waals surface area contributed by atoms with Crippen LogP contribution in [0.5, 0.6) is 0 Å². The van der Waals surface area contributed by atoms with Crippen molar-refractivity contribution in [3.05, 3.63) is 57.9 Å². The predicted octanol–water partition coefficient (Wildman–Crippen LogP) is 3.06. The van der Waals surface area contributed by atoms with E-state index in [4.69, 9.17) is 15.3 Å². The van der Waals surface area contributed by atoms with Gasteiger partial charge in [0.05, 0.1) is 0 Å². The van der Waals surface area contributed by atoms with Gasteiger partial charge < -0.3 is 10.5 Å². The Kier molecular flexibility index (Phi) is 4.65. The molecule has 1 aromatic carbocycles. The molecule has 0 aliphatic heterocycles.